The molecule has 1 fully saturated rings. The number of rotatable bonds is 11. The van der Waals surface area contributed by atoms with Gasteiger partial charge in [0, 0.05) is 39.1 Å². The van der Waals surface area contributed by atoms with Crippen LogP contribution in [0.2, 0.25) is 0 Å². The lowest BCUT2D eigenvalue weighted by Gasteiger charge is -2.38. The predicted octanol–water partition coefficient (Wildman–Crippen LogP) is 0.461. The highest BCUT2D eigenvalue weighted by molar-refractivity contribution is 5.77. The quantitative estimate of drug-likeness (QED) is 0.263. The van der Waals surface area contributed by atoms with Gasteiger partial charge in [0.1, 0.15) is 30.7 Å². The van der Waals surface area contributed by atoms with E-state index in [0.717, 1.165) is 0 Å². The molecule has 0 aliphatic carbocycles. The number of hydrogen-bond donors (Lipinski definition) is 5. The largest absolute Gasteiger partial charge is 0.479 e. The number of hydrogen-bond acceptors (Lipinski definition) is 10. The molecule has 1 aromatic carbocycles. The predicted molar refractivity (Wildman–Crippen MR) is 135 cm³/mol. The van der Waals surface area contributed by atoms with Gasteiger partial charge in [-0.05, 0) is 31.5 Å². The summed E-state index contributed by atoms with van der Waals surface area (Å²) in [5.74, 6) is -1.49. The molecular weight excluding hydrogens is 502 g/mol. The van der Waals surface area contributed by atoms with Crippen LogP contribution in [-0.4, -0.2) is 112 Å². The number of nitrogens with zero attached hydrogens (tertiary/aromatic N) is 2. The molecule has 13 nitrogen and oxygen atoms in total. The molecule has 0 unspecified atom stereocenters. The van der Waals surface area contributed by atoms with Gasteiger partial charge in [-0.25, -0.2) is 9.59 Å². The van der Waals surface area contributed by atoms with Crippen molar-refractivity contribution in [2.24, 2.45) is 5.92 Å². The highest BCUT2D eigenvalue weighted by Gasteiger charge is 2.48. The smallest absolute Gasteiger partial charge is 0.409 e. The molecule has 0 aromatic heterocycles. The topological polar surface area (TPSA) is 178 Å². The van der Waals surface area contributed by atoms with E-state index >= 15 is 0 Å². The molecule has 5 atom stereocenters. The Labute approximate surface area is 221 Å². The van der Waals surface area contributed by atoms with Gasteiger partial charge in [0.2, 0.25) is 12.2 Å². The van der Waals surface area contributed by atoms with E-state index in [0.29, 0.717) is 24.3 Å². The van der Waals surface area contributed by atoms with Crippen molar-refractivity contribution >= 4 is 23.7 Å². The van der Waals surface area contributed by atoms with Gasteiger partial charge in [-0.2, -0.15) is 0 Å². The number of nitrogens with one attached hydrogen (secondary N) is 1. The van der Waals surface area contributed by atoms with E-state index in [1.165, 1.54) is 11.0 Å². The molecule has 1 aliphatic heterocycles. The number of ether oxygens (including phenoxy) is 3. The summed E-state index contributed by atoms with van der Waals surface area (Å²) in [7, 11) is 3.25. The number of anilines is 1. The Balaban J connectivity index is 2.07. The van der Waals surface area contributed by atoms with E-state index in [-0.39, 0.29) is 30.2 Å². The van der Waals surface area contributed by atoms with Crippen LogP contribution in [0, 0.1) is 5.92 Å². The van der Waals surface area contributed by atoms with E-state index in [9.17, 15) is 34.8 Å². The third-order valence-corrected chi connectivity index (χ3v) is 5.86. The average Bonchev–Trinajstić information content (AvgIpc) is 2.85. The molecule has 38 heavy (non-hydrogen) atoms. The maximum Gasteiger partial charge on any atom is 0.409 e. The highest BCUT2D eigenvalue weighted by Crippen LogP contribution is 2.31. The summed E-state index contributed by atoms with van der Waals surface area (Å²) in [4.78, 5) is 38.7. The Morgan fingerprint density at radius 3 is 2.21 bits per heavy atom. The van der Waals surface area contributed by atoms with Crippen molar-refractivity contribution in [2.75, 3.05) is 32.5 Å². The summed E-state index contributed by atoms with van der Waals surface area (Å²) in [5, 5.41) is 42.6. The minimum atomic E-state index is -1.83. The molecule has 1 aliphatic rings. The number of carbonyl (C=O) groups is 3. The molecule has 2 amide bonds. The monoisotopic (exact) mass is 541 g/mol. The molecule has 1 saturated heterocycles. The minimum Gasteiger partial charge on any atom is -0.479 e. The van der Waals surface area contributed by atoms with Gasteiger partial charge in [0.05, 0.1) is 5.69 Å². The second-order valence-corrected chi connectivity index (χ2v) is 9.87. The van der Waals surface area contributed by atoms with Crippen molar-refractivity contribution in [1.29, 1.82) is 0 Å². The van der Waals surface area contributed by atoms with E-state index in [1.54, 1.807) is 45.0 Å². The fourth-order valence-corrected chi connectivity index (χ4v) is 3.67. The van der Waals surface area contributed by atoms with Gasteiger partial charge in [-0.1, -0.05) is 19.9 Å². The minimum absolute atomic E-state index is 0.0189. The number of aliphatic carboxylic acids is 1. The van der Waals surface area contributed by atoms with Crippen LogP contribution in [0.15, 0.2) is 18.2 Å². The first kappa shape index (κ1) is 31.1. The van der Waals surface area contributed by atoms with Gasteiger partial charge in [0.25, 0.3) is 0 Å². The van der Waals surface area contributed by atoms with Crippen LogP contribution < -0.4 is 10.1 Å². The van der Waals surface area contributed by atoms with Gasteiger partial charge in [-0.3, -0.25) is 4.79 Å². The summed E-state index contributed by atoms with van der Waals surface area (Å²) >= 11 is 0. The highest BCUT2D eigenvalue weighted by atomic mass is 16.7. The Morgan fingerprint density at radius 1 is 1.00 bits per heavy atom. The molecular formula is C25H39N3O10. The number of aliphatic hydroxyl groups excluding tert-OH is 3. The molecule has 0 saturated carbocycles. The Bertz CT molecular complexity index is 973. The number of carboxylic acids is 1. The molecule has 5 N–H and O–H groups in total. The van der Waals surface area contributed by atoms with Gasteiger partial charge in [-0.15, -0.1) is 0 Å². The van der Waals surface area contributed by atoms with Crippen LogP contribution in [0.3, 0.4) is 0 Å². The van der Waals surface area contributed by atoms with E-state index < -0.39 is 42.8 Å². The lowest BCUT2D eigenvalue weighted by atomic mass is 9.99. The Hall–Kier alpha value is -3.13. The first-order chi connectivity index (χ1) is 17.7. The molecule has 0 bridgehead atoms. The zero-order valence-electron chi connectivity index (χ0n) is 22.5. The van der Waals surface area contributed by atoms with E-state index in [2.05, 4.69) is 5.32 Å². The fraction of sp³-hybridized carbons (Fsp3) is 0.640. The van der Waals surface area contributed by atoms with Crippen LogP contribution in [0.5, 0.6) is 5.75 Å². The molecule has 13 heteroatoms. The van der Waals surface area contributed by atoms with Gasteiger partial charge in [0.15, 0.2) is 6.10 Å². The van der Waals surface area contributed by atoms with Crippen molar-refractivity contribution in [3.8, 4) is 5.75 Å². The lowest BCUT2D eigenvalue weighted by molar-refractivity contribution is -0.271. The number of carboxylic acid groups (broad SMARTS) is 1. The molecule has 0 spiro atoms. The van der Waals surface area contributed by atoms with Crippen LogP contribution >= 0.6 is 0 Å². The summed E-state index contributed by atoms with van der Waals surface area (Å²) < 4.78 is 16.3. The zero-order valence-corrected chi connectivity index (χ0v) is 22.5. The fourth-order valence-electron chi connectivity index (χ4n) is 3.67. The molecule has 2 rings (SSSR count). The van der Waals surface area contributed by atoms with Gasteiger partial charge >= 0.3 is 12.1 Å². The third-order valence-electron chi connectivity index (χ3n) is 5.86. The number of carbonyl (C=O) groups excluding carboxylic acids is 2. The van der Waals surface area contributed by atoms with Crippen molar-refractivity contribution in [1.82, 2.24) is 9.80 Å². The van der Waals surface area contributed by atoms with Crippen molar-refractivity contribution in [3.63, 3.8) is 0 Å². The number of aliphatic hydroxyl groups is 3. The summed E-state index contributed by atoms with van der Waals surface area (Å²) in [6.45, 7) is 7.95. The average molecular weight is 542 g/mol. The summed E-state index contributed by atoms with van der Waals surface area (Å²) in [6.07, 6.45) is -9.27. The van der Waals surface area contributed by atoms with Gasteiger partial charge < -0.3 is 49.8 Å². The van der Waals surface area contributed by atoms with Crippen molar-refractivity contribution in [2.45, 2.75) is 71.0 Å². The normalized spacial score (nSPS) is 23.2. The maximum atomic E-state index is 12.4. The SMILES string of the molecule is CC(C)Nc1cc(COC(=O)N(C)CCN(C)C(=O)C(C)C)ccc1O[C@@H]1O[C@H](C(=O)O)[C@@H](O)[C@H](O)[C@H]1O. The van der Waals surface area contributed by atoms with Crippen LogP contribution in [0.1, 0.15) is 33.3 Å². The van der Waals surface area contributed by atoms with Crippen LogP contribution in [-0.2, 0) is 25.7 Å². The van der Waals surface area contributed by atoms with Crippen molar-refractivity contribution < 1.29 is 49.0 Å². The molecule has 1 aromatic rings. The van der Waals surface area contributed by atoms with E-state index in [1.807, 2.05) is 13.8 Å². The molecule has 0 radical (unpaired) electrons. The number of amides is 2. The summed E-state index contributed by atoms with van der Waals surface area (Å²) in [5.41, 5.74) is 1.05. The second-order valence-electron chi connectivity index (χ2n) is 9.87. The molecule has 214 valence electrons. The third kappa shape index (κ3) is 8.18. The second kappa shape index (κ2) is 13.6. The van der Waals surface area contributed by atoms with Crippen LogP contribution in [0.25, 0.3) is 0 Å². The Kier molecular flexibility index (Phi) is 11.1. The first-order valence-corrected chi connectivity index (χ1v) is 12.3. The zero-order chi connectivity index (χ0) is 28.7. The Morgan fingerprint density at radius 2 is 1.63 bits per heavy atom. The maximum absolute atomic E-state index is 12.4. The van der Waals surface area contributed by atoms with Crippen LogP contribution in [0.4, 0.5) is 10.5 Å². The molecule has 1 heterocycles. The van der Waals surface area contributed by atoms with E-state index in [4.69, 9.17) is 14.2 Å². The first-order valence-electron chi connectivity index (χ1n) is 12.3. The lowest BCUT2D eigenvalue weighted by Crippen LogP contribution is -2.61. The van der Waals surface area contributed by atoms with Crippen molar-refractivity contribution in [3.05, 3.63) is 23.8 Å². The number of benzene rings is 1. The summed E-state index contributed by atoms with van der Waals surface area (Å²) in [6, 6.07) is 4.74. The standard InChI is InChI=1S/C25H39N3O10/c1-13(2)22(32)27(5)9-10-28(6)25(35)36-12-15-7-8-17(16(11-15)26-14(3)4)37-24-20(31)18(29)19(30)21(38-24)23(33)34/h7-8,11,13-14,18-21,24,26,29-31H,9-10,12H2,1-6H3,(H,33,34)/t18-,19-,20+,21-,24+/m0/s1. The number of likely N-dealkylation sites (N-methyl/N-ethyl adjacent to an activating group) is 2.